The molecule has 3 N–H and O–H groups in total. The first-order valence-corrected chi connectivity index (χ1v) is 5.71. The predicted octanol–water partition coefficient (Wildman–Crippen LogP) is -0.422. The van der Waals surface area contributed by atoms with Crippen molar-refractivity contribution >= 4 is 5.82 Å². The summed E-state index contributed by atoms with van der Waals surface area (Å²) in [5.41, 5.74) is 5.36. The summed E-state index contributed by atoms with van der Waals surface area (Å²) in [5.74, 6) is 0.443. The SMILES string of the molecule is CCc1cn(CCn2ccc(N)n2)c(=O)[nH]c1=O. The standard InChI is InChI=1S/C11H15N5O2/c1-2-8-7-15(11(18)13-10(8)17)5-6-16-4-3-9(12)14-16/h3-4,7H,2,5-6H2,1H3,(H2,12,14)(H,13,17,18). The van der Waals surface area contributed by atoms with Crippen LogP contribution in [0.1, 0.15) is 12.5 Å². The third-order valence-electron chi connectivity index (χ3n) is 2.70. The normalized spacial score (nSPS) is 10.7. The number of aryl methyl sites for hydroxylation is 3. The molecule has 0 aromatic carbocycles. The lowest BCUT2D eigenvalue weighted by Crippen LogP contribution is -2.32. The quantitative estimate of drug-likeness (QED) is 0.768. The van der Waals surface area contributed by atoms with Gasteiger partial charge in [0.15, 0.2) is 0 Å². The zero-order valence-corrected chi connectivity index (χ0v) is 10.1. The lowest BCUT2D eigenvalue weighted by Gasteiger charge is -2.06. The molecule has 96 valence electrons. The number of aromatic nitrogens is 4. The molecule has 7 heteroatoms. The summed E-state index contributed by atoms with van der Waals surface area (Å²) in [7, 11) is 0. The fourth-order valence-corrected chi connectivity index (χ4v) is 1.68. The van der Waals surface area contributed by atoms with Crippen LogP contribution in [0.15, 0.2) is 28.0 Å². The molecular weight excluding hydrogens is 234 g/mol. The molecular formula is C11H15N5O2. The van der Waals surface area contributed by atoms with Crippen LogP contribution in [0.2, 0.25) is 0 Å². The summed E-state index contributed by atoms with van der Waals surface area (Å²) in [4.78, 5) is 25.3. The molecule has 18 heavy (non-hydrogen) atoms. The second-order valence-electron chi connectivity index (χ2n) is 3.96. The molecule has 2 aromatic rings. The number of aromatic amines is 1. The van der Waals surface area contributed by atoms with Crippen molar-refractivity contribution in [1.82, 2.24) is 19.3 Å². The van der Waals surface area contributed by atoms with Gasteiger partial charge in [-0.05, 0) is 12.5 Å². The summed E-state index contributed by atoms with van der Waals surface area (Å²) in [6, 6.07) is 1.69. The Balaban J connectivity index is 2.19. The Kier molecular flexibility index (Phi) is 3.31. The summed E-state index contributed by atoms with van der Waals surface area (Å²) < 4.78 is 3.12. The molecule has 0 atom stereocenters. The molecule has 0 unspecified atom stereocenters. The average Bonchev–Trinajstić information content (AvgIpc) is 2.74. The highest BCUT2D eigenvalue weighted by atomic mass is 16.2. The van der Waals surface area contributed by atoms with Crippen LogP contribution in [0.4, 0.5) is 5.82 Å². The molecule has 0 amide bonds. The highest BCUT2D eigenvalue weighted by molar-refractivity contribution is 5.23. The van der Waals surface area contributed by atoms with Gasteiger partial charge in [0.25, 0.3) is 5.56 Å². The smallest absolute Gasteiger partial charge is 0.328 e. The Labute approximate surface area is 103 Å². The monoisotopic (exact) mass is 249 g/mol. The second-order valence-corrected chi connectivity index (χ2v) is 3.96. The van der Waals surface area contributed by atoms with Crippen molar-refractivity contribution in [1.29, 1.82) is 0 Å². The summed E-state index contributed by atoms with van der Waals surface area (Å²) in [6.45, 7) is 2.82. The maximum absolute atomic E-state index is 11.6. The Hall–Kier alpha value is -2.31. The van der Waals surface area contributed by atoms with E-state index in [1.165, 1.54) is 4.57 Å². The van der Waals surface area contributed by atoms with Gasteiger partial charge in [-0.25, -0.2) is 4.79 Å². The number of nitrogen functional groups attached to an aromatic ring is 1. The largest absolute Gasteiger partial charge is 0.382 e. The van der Waals surface area contributed by atoms with Crippen molar-refractivity contribution in [3.05, 3.63) is 44.9 Å². The number of hydrogen-bond donors (Lipinski definition) is 2. The molecule has 2 rings (SSSR count). The third-order valence-corrected chi connectivity index (χ3v) is 2.70. The maximum Gasteiger partial charge on any atom is 0.328 e. The fourth-order valence-electron chi connectivity index (χ4n) is 1.68. The number of hydrogen-bond acceptors (Lipinski definition) is 4. The van der Waals surface area contributed by atoms with Gasteiger partial charge in [0, 0.05) is 24.5 Å². The number of rotatable bonds is 4. The first kappa shape index (κ1) is 12.2. The summed E-state index contributed by atoms with van der Waals surface area (Å²) in [5, 5.41) is 4.02. The molecule has 0 aliphatic heterocycles. The van der Waals surface area contributed by atoms with Crippen LogP contribution in [0.5, 0.6) is 0 Å². The first-order valence-electron chi connectivity index (χ1n) is 5.71. The minimum Gasteiger partial charge on any atom is -0.382 e. The molecule has 0 aliphatic rings. The Morgan fingerprint density at radius 1 is 1.39 bits per heavy atom. The summed E-state index contributed by atoms with van der Waals surface area (Å²) >= 11 is 0. The molecule has 0 bridgehead atoms. The van der Waals surface area contributed by atoms with Crippen molar-refractivity contribution in [2.24, 2.45) is 0 Å². The molecule has 0 radical (unpaired) electrons. The molecule has 2 aromatic heterocycles. The minimum atomic E-state index is -0.405. The van der Waals surface area contributed by atoms with E-state index in [1.807, 2.05) is 6.92 Å². The average molecular weight is 249 g/mol. The van der Waals surface area contributed by atoms with Gasteiger partial charge in [0.05, 0.1) is 6.54 Å². The van der Waals surface area contributed by atoms with Crippen molar-refractivity contribution in [2.75, 3.05) is 5.73 Å². The number of nitrogens with two attached hydrogens (primary N) is 1. The number of H-pyrrole nitrogens is 1. The van der Waals surface area contributed by atoms with Crippen molar-refractivity contribution in [3.8, 4) is 0 Å². The first-order chi connectivity index (χ1) is 8.60. The van der Waals surface area contributed by atoms with E-state index in [4.69, 9.17) is 5.73 Å². The molecule has 0 saturated carbocycles. The number of nitrogens with one attached hydrogen (secondary N) is 1. The van der Waals surface area contributed by atoms with Crippen LogP contribution < -0.4 is 17.0 Å². The van der Waals surface area contributed by atoms with Crippen LogP contribution in [-0.4, -0.2) is 19.3 Å². The highest BCUT2D eigenvalue weighted by Crippen LogP contribution is 1.96. The van der Waals surface area contributed by atoms with Crippen LogP contribution in [0, 0.1) is 0 Å². The van der Waals surface area contributed by atoms with E-state index in [1.54, 1.807) is 23.1 Å². The van der Waals surface area contributed by atoms with E-state index >= 15 is 0 Å². The zero-order valence-electron chi connectivity index (χ0n) is 10.1. The zero-order chi connectivity index (χ0) is 13.1. The number of anilines is 1. The highest BCUT2D eigenvalue weighted by Gasteiger charge is 2.03. The molecule has 0 saturated heterocycles. The van der Waals surface area contributed by atoms with E-state index in [2.05, 4.69) is 10.1 Å². The second kappa shape index (κ2) is 4.91. The molecule has 7 nitrogen and oxygen atoms in total. The van der Waals surface area contributed by atoms with Gasteiger partial charge in [0.2, 0.25) is 0 Å². The van der Waals surface area contributed by atoms with E-state index in [-0.39, 0.29) is 5.56 Å². The molecule has 0 spiro atoms. The van der Waals surface area contributed by atoms with Gasteiger partial charge in [0.1, 0.15) is 5.82 Å². The Bertz CT molecular complexity index is 652. The van der Waals surface area contributed by atoms with Crippen LogP contribution >= 0.6 is 0 Å². The van der Waals surface area contributed by atoms with Crippen LogP contribution in [0.25, 0.3) is 0 Å². The lowest BCUT2D eigenvalue weighted by molar-refractivity contribution is 0.515. The Morgan fingerprint density at radius 2 is 2.17 bits per heavy atom. The van der Waals surface area contributed by atoms with E-state index in [0.717, 1.165) is 0 Å². The van der Waals surface area contributed by atoms with Crippen LogP contribution in [-0.2, 0) is 19.5 Å². The molecule has 0 fully saturated rings. The maximum atomic E-state index is 11.6. The van der Waals surface area contributed by atoms with E-state index < -0.39 is 5.69 Å². The molecule has 2 heterocycles. The van der Waals surface area contributed by atoms with Crippen molar-refractivity contribution < 1.29 is 0 Å². The molecule has 0 aliphatic carbocycles. The topological polar surface area (TPSA) is 98.7 Å². The van der Waals surface area contributed by atoms with E-state index in [9.17, 15) is 9.59 Å². The van der Waals surface area contributed by atoms with Gasteiger partial charge in [-0.2, -0.15) is 5.10 Å². The number of nitrogens with zero attached hydrogens (tertiary/aromatic N) is 3. The van der Waals surface area contributed by atoms with E-state index in [0.29, 0.717) is 30.9 Å². The lowest BCUT2D eigenvalue weighted by atomic mass is 10.3. The van der Waals surface area contributed by atoms with Crippen molar-refractivity contribution in [2.45, 2.75) is 26.4 Å². The van der Waals surface area contributed by atoms with Gasteiger partial charge in [-0.3, -0.25) is 19.0 Å². The third kappa shape index (κ3) is 2.50. The van der Waals surface area contributed by atoms with Crippen molar-refractivity contribution in [3.63, 3.8) is 0 Å². The predicted molar refractivity (Wildman–Crippen MR) is 67.3 cm³/mol. The Morgan fingerprint density at radius 3 is 2.78 bits per heavy atom. The van der Waals surface area contributed by atoms with Gasteiger partial charge >= 0.3 is 5.69 Å². The van der Waals surface area contributed by atoms with Gasteiger partial charge in [-0.15, -0.1) is 0 Å². The van der Waals surface area contributed by atoms with Gasteiger partial charge in [-0.1, -0.05) is 6.92 Å². The van der Waals surface area contributed by atoms with Crippen LogP contribution in [0.3, 0.4) is 0 Å². The fraction of sp³-hybridized carbons (Fsp3) is 0.364. The minimum absolute atomic E-state index is 0.318. The summed E-state index contributed by atoms with van der Waals surface area (Å²) in [6.07, 6.45) is 3.92. The van der Waals surface area contributed by atoms with Gasteiger partial charge < -0.3 is 5.73 Å².